The molecule has 17 heavy (non-hydrogen) atoms. The fraction of sp³-hybridized carbons (Fsp3) is 0.571. The Morgan fingerprint density at radius 2 is 2.12 bits per heavy atom. The molecule has 1 aliphatic rings. The number of aryl methyl sites for hydroxylation is 2. The Hall–Kier alpha value is -0.930. The van der Waals surface area contributed by atoms with E-state index in [1.54, 1.807) is 6.07 Å². The molecular weight excluding hydrogens is 217 g/mol. The summed E-state index contributed by atoms with van der Waals surface area (Å²) in [5, 5.41) is 0. The minimum atomic E-state index is -0.263. The highest BCUT2D eigenvalue weighted by molar-refractivity contribution is 5.34. The van der Waals surface area contributed by atoms with Crippen molar-refractivity contribution in [3.63, 3.8) is 0 Å². The molecular formula is C14H20FNO. The molecule has 1 heterocycles. The number of halogens is 1. The molecule has 0 aromatic heterocycles. The molecule has 1 fully saturated rings. The van der Waals surface area contributed by atoms with E-state index in [1.165, 1.54) is 0 Å². The van der Waals surface area contributed by atoms with Crippen LogP contribution in [0.4, 0.5) is 4.39 Å². The average molecular weight is 237 g/mol. The third kappa shape index (κ3) is 2.50. The van der Waals surface area contributed by atoms with Crippen LogP contribution in [0.2, 0.25) is 0 Å². The topological polar surface area (TPSA) is 35.2 Å². The first-order valence-electron chi connectivity index (χ1n) is 6.13. The van der Waals surface area contributed by atoms with Gasteiger partial charge in [-0.25, -0.2) is 4.39 Å². The van der Waals surface area contributed by atoms with Crippen molar-refractivity contribution >= 4 is 0 Å². The van der Waals surface area contributed by atoms with Crippen LogP contribution >= 0.6 is 0 Å². The van der Waals surface area contributed by atoms with Gasteiger partial charge in [0.1, 0.15) is 5.82 Å². The van der Waals surface area contributed by atoms with E-state index in [9.17, 15) is 4.39 Å². The summed E-state index contributed by atoms with van der Waals surface area (Å²) < 4.78 is 19.5. The largest absolute Gasteiger partial charge is 0.378 e. The molecule has 2 rings (SSSR count). The lowest BCUT2D eigenvalue weighted by Crippen LogP contribution is -2.24. The highest BCUT2D eigenvalue weighted by atomic mass is 19.1. The molecule has 1 aromatic carbocycles. The van der Waals surface area contributed by atoms with Gasteiger partial charge in [-0.1, -0.05) is 6.07 Å². The summed E-state index contributed by atoms with van der Waals surface area (Å²) in [6.45, 7) is 6.48. The summed E-state index contributed by atoms with van der Waals surface area (Å²) in [5.74, 6) is 0.0375. The van der Waals surface area contributed by atoms with Gasteiger partial charge < -0.3 is 10.5 Å². The molecule has 2 nitrogen and oxygen atoms in total. The first-order chi connectivity index (χ1) is 7.99. The van der Waals surface area contributed by atoms with Crippen molar-refractivity contribution < 1.29 is 9.13 Å². The Morgan fingerprint density at radius 1 is 1.41 bits per heavy atom. The summed E-state index contributed by atoms with van der Waals surface area (Å²) in [6.07, 6.45) is 1.15. The molecule has 0 aliphatic carbocycles. The number of hydrogen-bond acceptors (Lipinski definition) is 2. The Morgan fingerprint density at radius 3 is 2.65 bits per heavy atom. The molecule has 1 saturated heterocycles. The fourth-order valence-electron chi connectivity index (χ4n) is 2.69. The van der Waals surface area contributed by atoms with Crippen LogP contribution in [0, 0.1) is 25.6 Å². The molecule has 0 saturated carbocycles. The zero-order chi connectivity index (χ0) is 12.6. The predicted octanol–water partition coefficient (Wildman–Crippen LogP) is 2.87. The maximum Gasteiger partial charge on any atom is 0.128 e. The summed E-state index contributed by atoms with van der Waals surface area (Å²) in [7, 11) is 0. The van der Waals surface area contributed by atoms with Gasteiger partial charge in [-0.15, -0.1) is 0 Å². The maximum absolute atomic E-state index is 14.0. The first kappa shape index (κ1) is 12.5. The summed E-state index contributed by atoms with van der Waals surface area (Å²) in [6, 6.07) is 3.28. The molecule has 1 aromatic rings. The monoisotopic (exact) mass is 237 g/mol. The van der Waals surface area contributed by atoms with Crippen molar-refractivity contribution in [3.8, 4) is 0 Å². The molecule has 2 N–H and O–H groups in total. The summed E-state index contributed by atoms with van der Waals surface area (Å²) in [5.41, 5.74) is 8.72. The van der Waals surface area contributed by atoms with Gasteiger partial charge in [0.25, 0.3) is 0 Å². The minimum Gasteiger partial charge on any atom is -0.378 e. The van der Waals surface area contributed by atoms with E-state index >= 15 is 0 Å². The van der Waals surface area contributed by atoms with Crippen LogP contribution in [0.1, 0.15) is 36.1 Å². The number of benzene rings is 1. The molecule has 0 spiro atoms. The standard InChI is InChI=1S/C14H20FNO/c1-8-4-9(2)13(12(15)5-8)14(16)11-6-10(3)17-7-11/h4-5,10-11,14H,6-7,16H2,1-3H3. The number of hydrogen-bond donors (Lipinski definition) is 1. The third-order valence-electron chi connectivity index (χ3n) is 3.55. The van der Waals surface area contributed by atoms with Crippen molar-refractivity contribution in [1.29, 1.82) is 0 Å². The van der Waals surface area contributed by atoms with Gasteiger partial charge in [0.15, 0.2) is 0 Å². The second-order valence-electron chi connectivity index (χ2n) is 5.14. The smallest absolute Gasteiger partial charge is 0.128 e. The lowest BCUT2D eigenvalue weighted by atomic mass is 9.88. The van der Waals surface area contributed by atoms with Gasteiger partial charge >= 0.3 is 0 Å². The van der Waals surface area contributed by atoms with Crippen LogP contribution in [0.3, 0.4) is 0 Å². The Labute approximate surface area is 102 Å². The van der Waals surface area contributed by atoms with E-state index < -0.39 is 0 Å². The lowest BCUT2D eigenvalue weighted by molar-refractivity contribution is 0.118. The predicted molar refractivity (Wildman–Crippen MR) is 66.3 cm³/mol. The van der Waals surface area contributed by atoms with Crippen molar-refractivity contribution in [1.82, 2.24) is 0 Å². The molecule has 0 amide bonds. The van der Waals surface area contributed by atoms with Crippen LogP contribution in [0.25, 0.3) is 0 Å². The van der Waals surface area contributed by atoms with Gasteiger partial charge in [-0.05, 0) is 44.4 Å². The molecule has 1 aliphatic heterocycles. The van der Waals surface area contributed by atoms with Crippen LogP contribution in [-0.4, -0.2) is 12.7 Å². The summed E-state index contributed by atoms with van der Waals surface area (Å²) >= 11 is 0. The third-order valence-corrected chi connectivity index (χ3v) is 3.55. The van der Waals surface area contributed by atoms with Crippen molar-refractivity contribution in [2.75, 3.05) is 6.61 Å². The zero-order valence-corrected chi connectivity index (χ0v) is 10.7. The number of nitrogens with two attached hydrogens (primary N) is 1. The molecule has 3 heteroatoms. The van der Waals surface area contributed by atoms with E-state index in [0.717, 1.165) is 17.5 Å². The molecule has 3 unspecified atom stereocenters. The van der Waals surface area contributed by atoms with Crippen LogP contribution in [-0.2, 0) is 4.74 Å². The van der Waals surface area contributed by atoms with E-state index in [4.69, 9.17) is 10.5 Å². The maximum atomic E-state index is 14.0. The van der Waals surface area contributed by atoms with Crippen molar-refractivity contribution in [2.24, 2.45) is 11.7 Å². The first-order valence-corrected chi connectivity index (χ1v) is 6.13. The second kappa shape index (κ2) is 4.75. The van der Waals surface area contributed by atoms with E-state index in [2.05, 4.69) is 0 Å². The summed E-state index contributed by atoms with van der Waals surface area (Å²) in [4.78, 5) is 0. The average Bonchev–Trinajstić information content (AvgIpc) is 2.63. The zero-order valence-electron chi connectivity index (χ0n) is 10.7. The van der Waals surface area contributed by atoms with Gasteiger partial charge in [0.05, 0.1) is 12.7 Å². The van der Waals surface area contributed by atoms with Gasteiger partial charge in [0, 0.05) is 17.5 Å². The Kier molecular flexibility index (Phi) is 3.50. The number of rotatable bonds is 2. The fourth-order valence-corrected chi connectivity index (χ4v) is 2.69. The van der Waals surface area contributed by atoms with Crippen molar-refractivity contribution in [3.05, 3.63) is 34.6 Å². The van der Waals surface area contributed by atoms with Gasteiger partial charge in [-0.2, -0.15) is 0 Å². The molecule has 0 radical (unpaired) electrons. The van der Waals surface area contributed by atoms with Gasteiger partial charge in [-0.3, -0.25) is 0 Å². The SMILES string of the molecule is Cc1cc(C)c(C(N)C2COC(C)C2)c(F)c1. The van der Waals surface area contributed by atoms with E-state index in [0.29, 0.717) is 12.2 Å². The second-order valence-corrected chi connectivity index (χ2v) is 5.14. The highest BCUT2D eigenvalue weighted by Crippen LogP contribution is 2.33. The number of ether oxygens (including phenoxy) is 1. The van der Waals surface area contributed by atoms with Crippen LogP contribution in [0.15, 0.2) is 12.1 Å². The lowest BCUT2D eigenvalue weighted by Gasteiger charge is -2.21. The molecule has 0 bridgehead atoms. The highest BCUT2D eigenvalue weighted by Gasteiger charge is 2.30. The van der Waals surface area contributed by atoms with Gasteiger partial charge in [0.2, 0.25) is 0 Å². The van der Waals surface area contributed by atoms with E-state index in [1.807, 2.05) is 26.8 Å². The molecule has 94 valence electrons. The minimum absolute atomic E-state index is 0.186. The van der Waals surface area contributed by atoms with Crippen LogP contribution < -0.4 is 5.73 Å². The van der Waals surface area contributed by atoms with Crippen LogP contribution in [0.5, 0.6) is 0 Å². The Bertz CT molecular complexity index is 396. The molecule has 3 atom stereocenters. The Balaban J connectivity index is 2.27. The quantitative estimate of drug-likeness (QED) is 0.858. The normalized spacial score (nSPS) is 26.2. The van der Waals surface area contributed by atoms with E-state index in [-0.39, 0.29) is 23.9 Å². The van der Waals surface area contributed by atoms with Crippen molar-refractivity contribution in [2.45, 2.75) is 39.3 Å².